The molecule has 0 saturated heterocycles. The van der Waals surface area contributed by atoms with Crippen LogP contribution in [0.4, 0.5) is 5.69 Å². The van der Waals surface area contributed by atoms with Crippen LogP contribution in [-0.4, -0.2) is 40.1 Å². The van der Waals surface area contributed by atoms with E-state index in [1.807, 2.05) is 31.3 Å². The van der Waals surface area contributed by atoms with Crippen LogP contribution >= 0.6 is 0 Å². The van der Waals surface area contributed by atoms with Crippen molar-refractivity contribution in [2.45, 2.75) is 32.6 Å². The zero-order chi connectivity index (χ0) is 15.2. The van der Waals surface area contributed by atoms with Crippen LogP contribution in [0.1, 0.15) is 32.6 Å². The first-order chi connectivity index (χ1) is 10.4. The van der Waals surface area contributed by atoms with Crippen molar-refractivity contribution in [3.8, 4) is 5.75 Å². The fourth-order valence-corrected chi connectivity index (χ4v) is 1.91. The van der Waals surface area contributed by atoms with Crippen molar-refractivity contribution >= 4 is 5.69 Å². The summed E-state index contributed by atoms with van der Waals surface area (Å²) in [4.78, 5) is 0. The molecule has 0 radical (unpaired) electrons. The molecule has 0 saturated carbocycles. The van der Waals surface area contributed by atoms with Crippen LogP contribution in [0.15, 0.2) is 24.3 Å². The van der Waals surface area contributed by atoms with Gasteiger partial charge in [-0.25, -0.2) is 0 Å². The molecule has 0 atom stereocenters. The lowest BCUT2D eigenvalue weighted by atomic mass is 10.2. The monoisotopic (exact) mass is 295 g/mol. The molecule has 1 N–H and O–H groups in total. The fraction of sp³-hybridized carbons (Fsp3) is 0.647. The van der Waals surface area contributed by atoms with Crippen LogP contribution in [0.2, 0.25) is 0 Å². The number of benzene rings is 1. The van der Waals surface area contributed by atoms with Crippen molar-refractivity contribution < 1.29 is 14.2 Å². The molecule has 1 aromatic carbocycles. The number of rotatable bonds is 13. The van der Waals surface area contributed by atoms with Crippen molar-refractivity contribution in [2.24, 2.45) is 0 Å². The third kappa shape index (κ3) is 9.32. The predicted octanol–water partition coefficient (Wildman–Crippen LogP) is 3.72. The summed E-state index contributed by atoms with van der Waals surface area (Å²) in [6, 6.07) is 7.88. The summed E-state index contributed by atoms with van der Waals surface area (Å²) in [5.41, 5.74) is 1.05. The van der Waals surface area contributed by atoms with Crippen LogP contribution in [-0.2, 0) is 9.47 Å². The largest absolute Gasteiger partial charge is 0.491 e. The summed E-state index contributed by atoms with van der Waals surface area (Å²) in [5.74, 6) is 0.859. The highest BCUT2D eigenvalue weighted by Crippen LogP contribution is 2.16. The summed E-state index contributed by atoms with van der Waals surface area (Å²) >= 11 is 0. The second-order valence-corrected chi connectivity index (χ2v) is 4.91. The summed E-state index contributed by atoms with van der Waals surface area (Å²) in [6.45, 7) is 5.50. The second kappa shape index (κ2) is 12.5. The zero-order valence-electron chi connectivity index (χ0n) is 13.4. The Morgan fingerprint density at radius 1 is 0.905 bits per heavy atom. The molecule has 0 aromatic heterocycles. The molecule has 0 aliphatic carbocycles. The number of ether oxygens (including phenoxy) is 3. The van der Waals surface area contributed by atoms with E-state index in [-0.39, 0.29) is 0 Å². The van der Waals surface area contributed by atoms with E-state index in [0.29, 0.717) is 26.4 Å². The third-order valence-corrected chi connectivity index (χ3v) is 3.13. The molecule has 0 unspecified atom stereocenters. The minimum atomic E-state index is 0.559. The Labute approximate surface area is 128 Å². The maximum atomic E-state index is 5.61. The van der Waals surface area contributed by atoms with E-state index in [9.17, 15) is 0 Å². The highest BCUT2D eigenvalue weighted by molar-refractivity contribution is 5.47. The third-order valence-electron chi connectivity index (χ3n) is 3.13. The summed E-state index contributed by atoms with van der Waals surface area (Å²) < 4.78 is 16.6. The van der Waals surface area contributed by atoms with Crippen molar-refractivity contribution in [1.29, 1.82) is 0 Å². The van der Waals surface area contributed by atoms with Gasteiger partial charge in [-0.1, -0.05) is 32.3 Å². The summed E-state index contributed by atoms with van der Waals surface area (Å²) in [7, 11) is 1.89. The molecule has 120 valence electrons. The lowest BCUT2D eigenvalue weighted by Crippen LogP contribution is -2.11. The standard InChI is InChI=1S/C17H29NO3/c1-3-4-5-6-10-19-11-12-20-13-14-21-17-9-7-8-16(15-17)18-2/h7-9,15,18H,3-6,10-14H2,1-2H3. The van der Waals surface area contributed by atoms with Gasteiger partial charge in [-0.05, 0) is 18.6 Å². The van der Waals surface area contributed by atoms with Gasteiger partial charge in [0.05, 0.1) is 19.8 Å². The molecule has 0 amide bonds. The van der Waals surface area contributed by atoms with Crippen LogP contribution in [0, 0.1) is 0 Å². The molecule has 0 aliphatic rings. The molecular formula is C17H29NO3. The number of unbranched alkanes of at least 4 members (excludes halogenated alkanes) is 3. The Kier molecular flexibility index (Phi) is 10.6. The SMILES string of the molecule is CCCCCCOCCOCCOc1cccc(NC)c1. The normalized spacial score (nSPS) is 10.6. The summed E-state index contributed by atoms with van der Waals surface area (Å²) in [6.07, 6.45) is 4.97. The molecule has 0 bridgehead atoms. The van der Waals surface area contributed by atoms with Crippen LogP contribution in [0.5, 0.6) is 5.75 Å². The van der Waals surface area contributed by atoms with Crippen molar-refractivity contribution in [3.63, 3.8) is 0 Å². The maximum Gasteiger partial charge on any atom is 0.121 e. The molecule has 1 rings (SSSR count). The van der Waals surface area contributed by atoms with E-state index in [0.717, 1.165) is 24.5 Å². The Bertz CT molecular complexity index is 358. The van der Waals surface area contributed by atoms with Gasteiger partial charge in [0.15, 0.2) is 0 Å². The van der Waals surface area contributed by atoms with Gasteiger partial charge in [-0.2, -0.15) is 0 Å². The molecule has 1 aromatic rings. The Balaban J connectivity index is 1.90. The van der Waals surface area contributed by atoms with Gasteiger partial charge >= 0.3 is 0 Å². The van der Waals surface area contributed by atoms with Crippen molar-refractivity contribution in [3.05, 3.63) is 24.3 Å². The predicted molar refractivity (Wildman–Crippen MR) is 87.3 cm³/mol. The van der Waals surface area contributed by atoms with E-state index in [2.05, 4.69) is 12.2 Å². The Hall–Kier alpha value is -1.26. The van der Waals surface area contributed by atoms with E-state index in [1.54, 1.807) is 0 Å². The molecule has 0 spiro atoms. The Morgan fingerprint density at radius 2 is 1.67 bits per heavy atom. The lowest BCUT2D eigenvalue weighted by Gasteiger charge is -2.09. The van der Waals surface area contributed by atoms with Crippen LogP contribution in [0.3, 0.4) is 0 Å². The average molecular weight is 295 g/mol. The fourth-order valence-electron chi connectivity index (χ4n) is 1.91. The molecule has 0 fully saturated rings. The molecule has 4 nitrogen and oxygen atoms in total. The van der Waals surface area contributed by atoms with Gasteiger partial charge in [0.1, 0.15) is 12.4 Å². The van der Waals surface area contributed by atoms with Crippen molar-refractivity contribution in [2.75, 3.05) is 45.4 Å². The second-order valence-electron chi connectivity index (χ2n) is 4.91. The van der Waals surface area contributed by atoms with Gasteiger partial charge < -0.3 is 19.5 Å². The molecule has 0 heterocycles. The average Bonchev–Trinajstić information content (AvgIpc) is 2.53. The molecular weight excluding hydrogens is 266 g/mol. The Morgan fingerprint density at radius 3 is 2.43 bits per heavy atom. The first-order valence-electron chi connectivity index (χ1n) is 7.93. The van der Waals surface area contributed by atoms with Gasteiger partial charge in [0, 0.05) is 25.4 Å². The van der Waals surface area contributed by atoms with E-state index >= 15 is 0 Å². The summed E-state index contributed by atoms with van der Waals surface area (Å²) in [5, 5.41) is 3.08. The highest BCUT2D eigenvalue weighted by atomic mass is 16.5. The number of hydrogen-bond donors (Lipinski definition) is 1. The van der Waals surface area contributed by atoms with E-state index in [1.165, 1.54) is 19.3 Å². The lowest BCUT2D eigenvalue weighted by molar-refractivity contribution is 0.0352. The molecule has 21 heavy (non-hydrogen) atoms. The van der Waals surface area contributed by atoms with Gasteiger partial charge in [0.25, 0.3) is 0 Å². The minimum Gasteiger partial charge on any atom is -0.491 e. The van der Waals surface area contributed by atoms with Gasteiger partial charge in [-0.3, -0.25) is 0 Å². The molecule has 4 heteroatoms. The van der Waals surface area contributed by atoms with E-state index < -0.39 is 0 Å². The number of hydrogen-bond acceptors (Lipinski definition) is 4. The topological polar surface area (TPSA) is 39.7 Å². The van der Waals surface area contributed by atoms with E-state index in [4.69, 9.17) is 14.2 Å². The van der Waals surface area contributed by atoms with Gasteiger partial charge in [0.2, 0.25) is 0 Å². The minimum absolute atomic E-state index is 0.559. The highest BCUT2D eigenvalue weighted by Gasteiger charge is 1.96. The smallest absolute Gasteiger partial charge is 0.121 e. The van der Waals surface area contributed by atoms with Gasteiger partial charge in [-0.15, -0.1) is 0 Å². The van der Waals surface area contributed by atoms with Crippen molar-refractivity contribution in [1.82, 2.24) is 0 Å². The van der Waals surface area contributed by atoms with Crippen LogP contribution in [0.25, 0.3) is 0 Å². The number of nitrogens with one attached hydrogen (secondary N) is 1. The quantitative estimate of drug-likeness (QED) is 0.563. The first kappa shape index (κ1) is 17.8. The first-order valence-corrected chi connectivity index (χ1v) is 7.93. The zero-order valence-corrected chi connectivity index (χ0v) is 13.4. The number of anilines is 1. The maximum absolute atomic E-state index is 5.61. The molecule has 0 aliphatic heterocycles. The van der Waals surface area contributed by atoms with Crippen LogP contribution < -0.4 is 10.1 Å².